The van der Waals surface area contributed by atoms with Crippen molar-refractivity contribution in [1.29, 1.82) is 0 Å². The lowest BCUT2D eigenvalue weighted by Crippen LogP contribution is -2.43. The molecular weight excluding hydrogens is 210 g/mol. The normalized spacial score (nSPS) is 36.1. The van der Waals surface area contributed by atoms with Crippen molar-refractivity contribution < 1.29 is 9.90 Å². The maximum Gasteiger partial charge on any atom is 0.226 e. The second-order valence-corrected chi connectivity index (χ2v) is 5.76. The van der Waals surface area contributed by atoms with Gasteiger partial charge in [0.05, 0.1) is 12.6 Å². The fourth-order valence-electron chi connectivity index (χ4n) is 2.52. The molecule has 3 unspecified atom stereocenters. The van der Waals surface area contributed by atoms with Crippen LogP contribution in [-0.4, -0.2) is 46.6 Å². The number of likely N-dealkylation sites (tertiary alicyclic amines) is 1. The van der Waals surface area contributed by atoms with Crippen LogP contribution in [0.25, 0.3) is 0 Å². The highest BCUT2D eigenvalue weighted by molar-refractivity contribution is 7.99. The van der Waals surface area contributed by atoms with Crippen LogP contribution in [-0.2, 0) is 4.79 Å². The lowest BCUT2D eigenvalue weighted by molar-refractivity contribution is -0.136. The van der Waals surface area contributed by atoms with Crippen LogP contribution in [0.3, 0.4) is 0 Å². The molecule has 0 spiro atoms. The Morgan fingerprint density at radius 2 is 2.33 bits per heavy atom. The molecule has 0 radical (unpaired) electrons. The molecule has 2 heterocycles. The van der Waals surface area contributed by atoms with Gasteiger partial charge in [-0.3, -0.25) is 4.79 Å². The maximum atomic E-state index is 12.2. The van der Waals surface area contributed by atoms with E-state index in [4.69, 9.17) is 0 Å². The maximum absolute atomic E-state index is 12.2. The number of rotatable bonds is 2. The van der Waals surface area contributed by atoms with Crippen molar-refractivity contribution in [1.82, 2.24) is 4.90 Å². The second kappa shape index (κ2) is 4.74. The van der Waals surface area contributed by atoms with Crippen LogP contribution >= 0.6 is 11.8 Å². The highest BCUT2D eigenvalue weighted by atomic mass is 32.2. The van der Waals surface area contributed by atoms with E-state index in [0.717, 1.165) is 30.9 Å². The Bertz CT molecular complexity index is 241. The molecule has 4 heteroatoms. The Balaban J connectivity index is 2.00. The van der Waals surface area contributed by atoms with E-state index in [1.165, 1.54) is 0 Å². The summed E-state index contributed by atoms with van der Waals surface area (Å²) in [5.74, 6) is 3.04. The molecule has 0 aromatic rings. The molecule has 86 valence electrons. The zero-order chi connectivity index (χ0) is 10.8. The zero-order valence-corrected chi connectivity index (χ0v) is 10.0. The van der Waals surface area contributed by atoms with E-state index < -0.39 is 0 Å². The van der Waals surface area contributed by atoms with Crippen molar-refractivity contribution in [2.45, 2.75) is 25.8 Å². The van der Waals surface area contributed by atoms with E-state index in [2.05, 4.69) is 6.92 Å². The standard InChI is InChI=1S/C11H19NO2S/c1-8-2-4-12(10(8)6-13)11(14)9-3-5-15-7-9/h8-10,13H,2-7H2,1H3. The van der Waals surface area contributed by atoms with Crippen molar-refractivity contribution in [3.05, 3.63) is 0 Å². The van der Waals surface area contributed by atoms with Crippen LogP contribution in [0, 0.1) is 11.8 Å². The van der Waals surface area contributed by atoms with Gasteiger partial charge in [-0.25, -0.2) is 0 Å². The van der Waals surface area contributed by atoms with E-state index >= 15 is 0 Å². The fourth-order valence-corrected chi connectivity index (χ4v) is 3.74. The largest absolute Gasteiger partial charge is 0.394 e. The molecular formula is C11H19NO2S. The third-order valence-corrected chi connectivity index (χ3v) is 4.79. The molecule has 2 fully saturated rings. The smallest absolute Gasteiger partial charge is 0.226 e. The Morgan fingerprint density at radius 3 is 2.93 bits per heavy atom. The number of aliphatic hydroxyl groups is 1. The van der Waals surface area contributed by atoms with Gasteiger partial charge in [-0.15, -0.1) is 0 Å². The van der Waals surface area contributed by atoms with E-state index in [9.17, 15) is 9.90 Å². The molecule has 1 N–H and O–H groups in total. The summed E-state index contributed by atoms with van der Waals surface area (Å²) in [4.78, 5) is 14.1. The van der Waals surface area contributed by atoms with Crippen molar-refractivity contribution in [3.8, 4) is 0 Å². The van der Waals surface area contributed by atoms with E-state index in [-0.39, 0.29) is 24.5 Å². The second-order valence-electron chi connectivity index (χ2n) is 4.61. The summed E-state index contributed by atoms with van der Waals surface area (Å²) in [6.07, 6.45) is 2.06. The van der Waals surface area contributed by atoms with Gasteiger partial charge in [0.2, 0.25) is 5.91 Å². The average Bonchev–Trinajstić information content (AvgIpc) is 2.85. The summed E-state index contributed by atoms with van der Waals surface area (Å²) >= 11 is 1.87. The molecule has 3 nitrogen and oxygen atoms in total. The van der Waals surface area contributed by atoms with Crippen LogP contribution in [0.1, 0.15) is 19.8 Å². The third kappa shape index (κ3) is 2.16. The van der Waals surface area contributed by atoms with Crippen LogP contribution in [0.15, 0.2) is 0 Å². The Kier molecular flexibility index (Phi) is 3.57. The van der Waals surface area contributed by atoms with Crippen molar-refractivity contribution >= 4 is 17.7 Å². The number of nitrogens with zero attached hydrogens (tertiary/aromatic N) is 1. The monoisotopic (exact) mass is 229 g/mol. The predicted molar refractivity (Wildman–Crippen MR) is 61.8 cm³/mol. The van der Waals surface area contributed by atoms with Gasteiger partial charge in [0.15, 0.2) is 0 Å². The molecule has 0 aliphatic carbocycles. The van der Waals surface area contributed by atoms with Crippen molar-refractivity contribution in [2.75, 3.05) is 24.7 Å². The van der Waals surface area contributed by atoms with Gasteiger partial charge in [-0.1, -0.05) is 6.92 Å². The summed E-state index contributed by atoms with van der Waals surface area (Å²) < 4.78 is 0. The lowest BCUT2D eigenvalue weighted by atomic mass is 10.0. The fraction of sp³-hybridized carbons (Fsp3) is 0.909. The molecule has 2 aliphatic rings. The van der Waals surface area contributed by atoms with Crippen LogP contribution in [0.4, 0.5) is 0 Å². The number of aliphatic hydroxyl groups excluding tert-OH is 1. The van der Waals surface area contributed by atoms with Crippen molar-refractivity contribution in [3.63, 3.8) is 0 Å². The minimum atomic E-state index is 0.0723. The van der Waals surface area contributed by atoms with Crippen LogP contribution in [0.2, 0.25) is 0 Å². The minimum Gasteiger partial charge on any atom is -0.394 e. The highest BCUT2D eigenvalue weighted by Gasteiger charge is 2.37. The predicted octanol–water partition coefficient (Wildman–Crippen LogP) is 0.969. The van der Waals surface area contributed by atoms with E-state index in [1.807, 2.05) is 16.7 Å². The Hall–Kier alpha value is -0.220. The zero-order valence-electron chi connectivity index (χ0n) is 9.19. The first-order valence-corrected chi connectivity index (χ1v) is 6.88. The summed E-state index contributed by atoms with van der Waals surface area (Å²) in [6, 6.07) is 0.0723. The Labute approximate surface area is 95.2 Å². The molecule has 1 amide bonds. The summed E-state index contributed by atoms with van der Waals surface area (Å²) in [6.45, 7) is 3.08. The van der Waals surface area contributed by atoms with Crippen molar-refractivity contribution in [2.24, 2.45) is 11.8 Å². The summed E-state index contributed by atoms with van der Waals surface area (Å²) in [5, 5.41) is 9.30. The average molecular weight is 229 g/mol. The van der Waals surface area contributed by atoms with Crippen LogP contribution in [0.5, 0.6) is 0 Å². The minimum absolute atomic E-state index is 0.0723. The summed E-state index contributed by atoms with van der Waals surface area (Å²) in [7, 11) is 0. The number of carbonyl (C=O) groups excluding carboxylic acids is 1. The van der Waals surface area contributed by atoms with Gasteiger partial charge in [-0.2, -0.15) is 11.8 Å². The number of carbonyl (C=O) groups is 1. The molecule has 2 rings (SSSR count). The molecule has 3 atom stereocenters. The summed E-state index contributed by atoms with van der Waals surface area (Å²) in [5.41, 5.74) is 0. The van der Waals surface area contributed by atoms with E-state index in [1.54, 1.807) is 0 Å². The Morgan fingerprint density at radius 1 is 1.53 bits per heavy atom. The number of hydrogen-bond donors (Lipinski definition) is 1. The van der Waals surface area contributed by atoms with Gasteiger partial charge in [0.25, 0.3) is 0 Å². The first-order chi connectivity index (χ1) is 7.24. The third-order valence-electron chi connectivity index (χ3n) is 3.63. The van der Waals surface area contributed by atoms with E-state index in [0.29, 0.717) is 5.92 Å². The molecule has 2 saturated heterocycles. The van der Waals surface area contributed by atoms with Gasteiger partial charge in [0, 0.05) is 18.2 Å². The number of hydrogen-bond acceptors (Lipinski definition) is 3. The molecule has 15 heavy (non-hydrogen) atoms. The number of thioether (sulfide) groups is 1. The van der Waals surface area contributed by atoms with Gasteiger partial charge in [0.1, 0.15) is 0 Å². The van der Waals surface area contributed by atoms with Gasteiger partial charge < -0.3 is 10.0 Å². The SMILES string of the molecule is CC1CCN(C(=O)C2CCSC2)C1CO. The highest BCUT2D eigenvalue weighted by Crippen LogP contribution is 2.30. The van der Waals surface area contributed by atoms with Gasteiger partial charge >= 0.3 is 0 Å². The number of amides is 1. The molecule has 0 bridgehead atoms. The van der Waals surface area contributed by atoms with Crippen LogP contribution < -0.4 is 0 Å². The topological polar surface area (TPSA) is 40.5 Å². The quantitative estimate of drug-likeness (QED) is 0.767. The van der Waals surface area contributed by atoms with Gasteiger partial charge in [-0.05, 0) is 24.5 Å². The molecule has 2 aliphatic heterocycles. The first-order valence-electron chi connectivity index (χ1n) is 5.73. The first kappa shape index (κ1) is 11.3. The molecule has 0 saturated carbocycles. The molecule has 0 aromatic carbocycles. The lowest BCUT2D eigenvalue weighted by Gasteiger charge is -2.27. The molecule has 0 aromatic heterocycles.